The van der Waals surface area contributed by atoms with Crippen LogP contribution in [-0.2, 0) is 6.54 Å². The lowest BCUT2D eigenvalue weighted by Crippen LogP contribution is -2.31. The van der Waals surface area contributed by atoms with E-state index in [0.29, 0.717) is 6.54 Å². The summed E-state index contributed by atoms with van der Waals surface area (Å²) in [6.45, 7) is 6.45. The van der Waals surface area contributed by atoms with E-state index in [1.165, 1.54) is 12.1 Å². The van der Waals surface area contributed by atoms with Crippen molar-refractivity contribution in [3.05, 3.63) is 47.7 Å². The molecule has 0 aliphatic carbocycles. The van der Waals surface area contributed by atoms with Crippen molar-refractivity contribution >= 4 is 12.0 Å². The number of allylic oxidation sites excluding steroid dienone is 1. The fourth-order valence-electron chi connectivity index (χ4n) is 1.37. The Bertz CT molecular complexity index is 499. The van der Waals surface area contributed by atoms with E-state index < -0.39 is 5.97 Å². The quantitative estimate of drug-likeness (QED) is 0.791. The zero-order chi connectivity index (χ0) is 15.2. The van der Waals surface area contributed by atoms with Crippen molar-refractivity contribution in [2.24, 2.45) is 5.41 Å². The van der Waals surface area contributed by atoms with Gasteiger partial charge in [0.05, 0.1) is 5.56 Å². The van der Waals surface area contributed by atoms with Gasteiger partial charge in [-0.15, -0.1) is 0 Å². The smallest absolute Gasteiger partial charge is 0.335 e. The summed E-state index contributed by atoms with van der Waals surface area (Å²) in [6.07, 6.45) is 3.51. The second-order valence-corrected chi connectivity index (χ2v) is 5.53. The summed E-state index contributed by atoms with van der Waals surface area (Å²) in [4.78, 5) is 22.2. The Labute approximate surface area is 118 Å². The fourth-order valence-corrected chi connectivity index (χ4v) is 1.37. The van der Waals surface area contributed by atoms with Gasteiger partial charge in [-0.3, -0.25) is 0 Å². The lowest BCUT2D eigenvalue weighted by Gasteiger charge is -2.11. The van der Waals surface area contributed by atoms with Gasteiger partial charge >= 0.3 is 12.0 Å². The maximum absolute atomic E-state index is 11.5. The van der Waals surface area contributed by atoms with Crippen LogP contribution in [-0.4, -0.2) is 17.1 Å². The molecule has 0 saturated heterocycles. The van der Waals surface area contributed by atoms with Crippen LogP contribution in [0.1, 0.15) is 36.7 Å². The number of aromatic carboxylic acids is 1. The van der Waals surface area contributed by atoms with Crippen molar-refractivity contribution in [1.82, 2.24) is 10.6 Å². The first kappa shape index (κ1) is 15.8. The molecule has 0 unspecified atom stereocenters. The Hall–Kier alpha value is -2.30. The summed E-state index contributed by atoms with van der Waals surface area (Å²) >= 11 is 0. The van der Waals surface area contributed by atoms with Gasteiger partial charge in [0.1, 0.15) is 0 Å². The number of hydrogen-bond donors (Lipinski definition) is 3. The number of amides is 2. The highest BCUT2D eigenvalue weighted by molar-refractivity contribution is 5.87. The van der Waals surface area contributed by atoms with Gasteiger partial charge in [-0.05, 0) is 23.1 Å². The maximum atomic E-state index is 11.5. The summed E-state index contributed by atoms with van der Waals surface area (Å²) < 4.78 is 0. The van der Waals surface area contributed by atoms with Crippen molar-refractivity contribution in [3.8, 4) is 0 Å². The minimum atomic E-state index is -0.963. The summed E-state index contributed by atoms with van der Waals surface area (Å²) in [7, 11) is 0. The molecule has 1 aromatic carbocycles. The minimum absolute atomic E-state index is 0.0138. The molecule has 1 aromatic rings. The maximum Gasteiger partial charge on any atom is 0.335 e. The van der Waals surface area contributed by atoms with Crippen LogP contribution >= 0.6 is 0 Å². The Kier molecular flexibility index (Phi) is 5.32. The van der Waals surface area contributed by atoms with E-state index in [2.05, 4.69) is 10.6 Å². The number of benzene rings is 1. The van der Waals surface area contributed by atoms with E-state index >= 15 is 0 Å². The first-order valence-corrected chi connectivity index (χ1v) is 6.32. The van der Waals surface area contributed by atoms with Crippen molar-refractivity contribution in [2.75, 3.05) is 0 Å². The van der Waals surface area contributed by atoms with Gasteiger partial charge in [-0.1, -0.05) is 39.0 Å². The van der Waals surface area contributed by atoms with Crippen LogP contribution in [0, 0.1) is 5.41 Å². The molecule has 20 heavy (non-hydrogen) atoms. The first-order chi connectivity index (χ1) is 9.28. The van der Waals surface area contributed by atoms with Crippen molar-refractivity contribution in [2.45, 2.75) is 27.3 Å². The third-order valence-electron chi connectivity index (χ3n) is 2.45. The second kappa shape index (κ2) is 6.75. The van der Waals surface area contributed by atoms with E-state index in [0.717, 1.165) is 5.56 Å². The van der Waals surface area contributed by atoms with Crippen molar-refractivity contribution in [1.29, 1.82) is 0 Å². The van der Waals surface area contributed by atoms with Gasteiger partial charge in [0.15, 0.2) is 0 Å². The van der Waals surface area contributed by atoms with Gasteiger partial charge < -0.3 is 15.7 Å². The molecular weight excluding hydrogens is 256 g/mol. The average molecular weight is 276 g/mol. The number of carbonyl (C=O) groups is 2. The highest BCUT2D eigenvalue weighted by Gasteiger charge is 2.05. The van der Waals surface area contributed by atoms with Gasteiger partial charge in [0.25, 0.3) is 0 Å². The predicted octanol–water partition coefficient (Wildman–Crippen LogP) is 2.74. The van der Waals surface area contributed by atoms with E-state index in [1.807, 2.05) is 26.8 Å². The summed E-state index contributed by atoms with van der Waals surface area (Å²) in [6, 6.07) is 6.07. The largest absolute Gasteiger partial charge is 0.478 e. The van der Waals surface area contributed by atoms with Gasteiger partial charge in [-0.25, -0.2) is 9.59 Å². The average Bonchev–Trinajstić information content (AvgIpc) is 2.35. The third kappa shape index (κ3) is 6.04. The van der Waals surface area contributed by atoms with E-state index in [4.69, 9.17) is 5.11 Å². The molecule has 0 atom stereocenters. The Morgan fingerprint density at radius 3 is 2.30 bits per heavy atom. The highest BCUT2D eigenvalue weighted by atomic mass is 16.4. The molecule has 0 aliphatic heterocycles. The number of hydrogen-bond acceptors (Lipinski definition) is 2. The zero-order valence-electron chi connectivity index (χ0n) is 11.9. The molecule has 1 rings (SSSR count). The van der Waals surface area contributed by atoms with E-state index in [-0.39, 0.29) is 17.0 Å². The Morgan fingerprint density at radius 1 is 1.20 bits per heavy atom. The van der Waals surface area contributed by atoms with E-state index in [1.54, 1.807) is 18.3 Å². The number of urea groups is 1. The molecule has 0 bridgehead atoms. The summed E-state index contributed by atoms with van der Waals surface area (Å²) in [5, 5.41) is 14.1. The number of rotatable bonds is 4. The van der Waals surface area contributed by atoms with Gasteiger partial charge in [0.2, 0.25) is 0 Å². The van der Waals surface area contributed by atoms with Crippen molar-refractivity contribution in [3.63, 3.8) is 0 Å². The number of carboxylic acids is 1. The molecule has 0 aromatic heterocycles. The lowest BCUT2D eigenvalue weighted by atomic mass is 9.97. The van der Waals surface area contributed by atoms with Gasteiger partial charge in [0, 0.05) is 12.7 Å². The van der Waals surface area contributed by atoms with Crippen molar-refractivity contribution < 1.29 is 14.7 Å². The molecule has 108 valence electrons. The summed E-state index contributed by atoms with van der Waals surface area (Å²) in [5.41, 5.74) is 1.08. The third-order valence-corrected chi connectivity index (χ3v) is 2.45. The van der Waals surface area contributed by atoms with Crippen LogP contribution in [0.4, 0.5) is 4.79 Å². The number of carbonyl (C=O) groups excluding carboxylic acids is 1. The monoisotopic (exact) mass is 276 g/mol. The van der Waals surface area contributed by atoms with Crippen LogP contribution < -0.4 is 10.6 Å². The summed E-state index contributed by atoms with van der Waals surface area (Å²) in [5.74, 6) is -0.963. The van der Waals surface area contributed by atoms with Crippen LogP contribution in [0.2, 0.25) is 0 Å². The zero-order valence-corrected chi connectivity index (χ0v) is 11.9. The molecule has 5 nitrogen and oxygen atoms in total. The molecule has 0 saturated carbocycles. The molecule has 0 fully saturated rings. The first-order valence-electron chi connectivity index (χ1n) is 6.32. The SMILES string of the molecule is CC(C)(C)/C=C/NC(=O)NCc1ccc(C(=O)O)cc1. The number of nitrogens with one attached hydrogen (secondary N) is 2. The van der Waals surface area contributed by atoms with Gasteiger partial charge in [-0.2, -0.15) is 0 Å². The second-order valence-electron chi connectivity index (χ2n) is 5.53. The highest BCUT2D eigenvalue weighted by Crippen LogP contribution is 2.13. The normalized spacial score (nSPS) is 11.3. The van der Waals surface area contributed by atoms with Crippen LogP contribution in [0.15, 0.2) is 36.5 Å². The molecule has 2 amide bonds. The fraction of sp³-hybridized carbons (Fsp3) is 0.333. The topological polar surface area (TPSA) is 78.4 Å². The minimum Gasteiger partial charge on any atom is -0.478 e. The van der Waals surface area contributed by atoms with Crippen LogP contribution in [0.25, 0.3) is 0 Å². The van der Waals surface area contributed by atoms with E-state index in [9.17, 15) is 9.59 Å². The molecule has 0 aliphatic rings. The molecule has 0 radical (unpaired) electrons. The lowest BCUT2D eigenvalue weighted by molar-refractivity contribution is 0.0697. The predicted molar refractivity (Wildman–Crippen MR) is 77.4 cm³/mol. The van der Waals surface area contributed by atoms with Crippen LogP contribution in [0.3, 0.4) is 0 Å². The molecule has 0 spiro atoms. The number of carboxylic acid groups (broad SMARTS) is 1. The molecule has 5 heteroatoms. The van der Waals surface area contributed by atoms with Crippen LogP contribution in [0.5, 0.6) is 0 Å². The Morgan fingerprint density at radius 2 is 1.80 bits per heavy atom. The molecular formula is C15H20N2O3. The molecule has 0 heterocycles. The molecule has 3 N–H and O–H groups in total. The standard InChI is InChI=1S/C15H20N2O3/c1-15(2,3)8-9-16-14(20)17-10-11-4-6-12(7-5-11)13(18)19/h4-9H,10H2,1-3H3,(H,18,19)(H2,16,17,20)/b9-8+. The Balaban J connectivity index is 2.41.